The topological polar surface area (TPSA) is 86.8 Å². The molecule has 0 radical (unpaired) electrons. The Morgan fingerprint density at radius 2 is 1.55 bits per heavy atom. The lowest BCUT2D eigenvalue weighted by Crippen LogP contribution is -2.50. The Morgan fingerprint density at radius 1 is 0.897 bits per heavy atom. The van der Waals surface area contributed by atoms with E-state index in [1.807, 2.05) is 37.3 Å². The van der Waals surface area contributed by atoms with Crippen molar-refractivity contribution in [3.8, 4) is 0 Å². The molecular weight excluding hydrogens is 410 g/mol. The molecule has 3 rings (SSSR count). The third-order valence-electron chi connectivity index (χ3n) is 5.03. The monoisotopic (exact) mass is 437 g/mol. The zero-order valence-corrected chi connectivity index (χ0v) is 18.3. The van der Waals surface area contributed by atoms with Crippen molar-refractivity contribution in [1.29, 1.82) is 0 Å². The summed E-state index contributed by atoms with van der Waals surface area (Å²) in [4.78, 5) is 2.33. The van der Waals surface area contributed by atoms with Gasteiger partial charge in [-0.25, -0.2) is 21.6 Å². The normalized spacial score (nSPS) is 16.1. The number of hydrogen-bond acceptors (Lipinski definition) is 5. The van der Waals surface area contributed by atoms with Crippen molar-refractivity contribution < 1.29 is 16.8 Å². The van der Waals surface area contributed by atoms with Crippen molar-refractivity contribution in [2.45, 2.75) is 18.7 Å². The second-order valence-corrected chi connectivity index (χ2v) is 11.0. The van der Waals surface area contributed by atoms with E-state index < -0.39 is 20.0 Å². The maximum Gasteiger partial charge on any atom is 0.240 e. The molecule has 1 N–H and O–H groups in total. The summed E-state index contributed by atoms with van der Waals surface area (Å²) in [6.45, 7) is 5.46. The molecular formula is C20H27N3O4S2. The average Bonchev–Trinajstić information content (AvgIpc) is 2.68. The van der Waals surface area contributed by atoms with Crippen molar-refractivity contribution >= 4 is 25.7 Å². The number of hydrogen-bond donors (Lipinski definition) is 1. The molecule has 0 bridgehead atoms. The second kappa shape index (κ2) is 8.83. The number of nitrogens with zero attached hydrogens (tertiary/aromatic N) is 2. The highest BCUT2D eigenvalue weighted by molar-refractivity contribution is 7.90. The Hall–Kier alpha value is -1.94. The fraction of sp³-hybridized carbons (Fsp3) is 0.400. The summed E-state index contributed by atoms with van der Waals surface area (Å²) in [6.07, 6.45) is 0. The van der Waals surface area contributed by atoms with E-state index in [4.69, 9.17) is 0 Å². The van der Waals surface area contributed by atoms with Crippen molar-refractivity contribution in [1.82, 2.24) is 9.03 Å². The van der Waals surface area contributed by atoms with Crippen LogP contribution in [0.15, 0.2) is 53.4 Å². The Balaban J connectivity index is 1.55. The summed E-state index contributed by atoms with van der Waals surface area (Å²) >= 11 is 0. The van der Waals surface area contributed by atoms with Gasteiger partial charge in [0, 0.05) is 38.4 Å². The number of piperazine rings is 1. The van der Waals surface area contributed by atoms with Gasteiger partial charge >= 0.3 is 0 Å². The molecule has 0 unspecified atom stereocenters. The van der Waals surface area contributed by atoms with Crippen LogP contribution in [0.1, 0.15) is 11.1 Å². The zero-order chi connectivity index (χ0) is 21.1. The number of aryl methyl sites for hydroxylation is 2. The van der Waals surface area contributed by atoms with Crippen LogP contribution in [-0.2, 0) is 20.0 Å². The number of sulfonamides is 2. The van der Waals surface area contributed by atoms with Crippen molar-refractivity contribution in [2.24, 2.45) is 0 Å². The van der Waals surface area contributed by atoms with Gasteiger partial charge in [0.25, 0.3) is 0 Å². The highest BCUT2D eigenvalue weighted by Crippen LogP contribution is 2.18. The van der Waals surface area contributed by atoms with Crippen molar-refractivity contribution in [3.63, 3.8) is 0 Å². The smallest absolute Gasteiger partial charge is 0.240 e. The SMILES string of the molecule is Cc1ccc(S(=O)(=O)NCCS(=O)(=O)N2CCN(c3ccccc3)CC2)c(C)c1. The second-order valence-electron chi connectivity index (χ2n) is 7.20. The van der Waals surface area contributed by atoms with Gasteiger partial charge in [-0.1, -0.05) is 35.9 Å². The molecule has 2 aromatic rings. The van der Waals surface area contributed by atoms with Gasteiger partial charge in [-0.3, -0.25) is 0 Å². The average molecular weight is 438 g/mol. The number of nitrogens with one attached hydrogen (secondary N) is 1. The van der Waals surface area contributed by atoms with Gasteiger partial charge in [0.15, 0.2) is 0 Å². The molecule has 1 aliphatic heterocycles. The van der Waals surface area contributed by atoms with E-state index >= 15 is 0 Å². The molecule has 0 atom stereocenters. The van der Waals surface area contributed by atoms with Crippen LogP contribution in [0, 0.1) is 13.8 Å². The lowest BCUT2D eigenvalue weighted by Gasteiger charge is -2.35. The molecule has 7 nitrogen and oxygen atoms in total. The van der Waals surface area contributed by atoms with E-state index in [2.05, 4.69) is 9.62 Å². The van der Waals surface area contributed by atoms with E-state index in [0.29, 0.717) is 31.7 Å². The van der Waals surface area contributed by atoms with Gasteiger partial charge in [0.05, 0.1) is 10.6 Å². The van der Waals surface area contributed by atoms with E-state index in [1.54, 1.807) is 25.1 Å². The summed E-state index contributed by atoms with van der Waals surface area (Å²) < 4.78 is 54.1. The van der Waals surface area contributed by atoms with E-state index in [-0.39, 0.29) is 17.2 Å². The quantitative estimate of drug-likeness (QED) is 0.713. The minimum atomic E-state index is -3.75. The Morgan fingerprint density at radius 3 is 2.17 bits per heavy atom. The molecule has 29 heavy (non-hydrogen) atoms. The molecule has 1 heterocycles. The fourth-order valence-corrected chi connectivity index (χ4v) is 6.20. The summed E-state index contributed by atoms with van der Waals surface area (Å²) in [6, 6.07) is 14.9. The number of rotatable bonds is 7. The van der Waals surface area contributed by atoms with Gasteiger partial charge in [-0.2, -0.15) is 4.31 Å². The number of anilines is 1. The van der Waals surface area contributed by atoms with Crippen LogP contribution in [0.3, 0.4) is 0 Å². The maximum atomic E-state index is 12.6. The molecule has 1 fully saturated rings. The lowest BCUT2D eigenvalue weighted by atomic mass is 10.2. The number of benzene rings is 2. The molecule has 9 heteroatoms. The van der Waals surface area contributed by atoms with Crippen LogP contribution in [0.25, 0.3) is 0 Å². The minimum Gasteiger partial charge on any atom is -0.369 e. The van der Waals surface area contributed by atoms with Gasteiger partial charge in [0.2, 0.25) is 20.0 Å². The first-order chi connectivity index (χ1) is 13.7. The van der Waals surface area contributed by atoms with Crippen LogP contribution < -0.4 is 9.62 Å². The summed E-state index contributed by atoms with van der Waals surface area (Å²) in [7, 11) is -7.28. The van der Waals surface area contributed by atoms with Crippen LogP contribution in [0.2, 0.25) is 0 Å². The Bertz CT molecular complexity index is 1050. The van der Waals surface area contributed by atoms with Gasteiger partial charge < -0.3 is 4.90 Å². The number of para-hydroxylation sites is 1. The van der Waals surface area contributed by atoms with Crippen molar-refractivity contribution in [3.05, 3.63) is 59.7 Å². The standard InChI is InChI=1S/C20H27N3O4S2/c1-17-8-9-20(18(2)16-17)29(26,27)21-10-15-28(24,25)23-13-11-22(12-14-23)19-6-4-3-5-7-19/h3-9,16,21H,10-15H2,1-2H3. The molecule has 1 saturated heterocycles. The Labute approximate surface area is 173 Å². The molecule has 158 valence electrons. The van der Waals surface area contributed by atoms with Crippen LogP contribution in [0.4, 0.5) is 5.69 Å². The highest BCUT2D eigenvalue weighted by Gasteiger charge is 2.27. The van der Waals surface area contributed by atoms with Gasteiger partial charge in [0.1, 0.15) is 0 Å². The molecule has 0 amide bonds. The zero-order valence-electron chi connectivity index (χ0n) is 16.7. The van der Waals surface area contributed by atoms with Gasteiger partial charge in [-0.15, -0.1) is 0 Å². The first kappa shape index (κ1) is 21.8. The van der Waals surface area contributed by atoms with Gasteiger partial charge in [-0.05, 0) is 37.6 Å². The maximum absolute atomic E-state index is 12.6. The van der Waals surface area contributed by atoms with E-state index in [9.17, 15) is 16.8 Å². The van der Waals surface area contributed by atoms with Crippen LogP contribution in [-0.4, -0.2) is 59.6 Å². The summed E-state index contributed by atoms with van der Waals surface area (Å²) in [5.41, 5.74) is 2.68. The van der Waals surface area contributed by atoms with E-state index in [0.717, 1.165) is 11.3 Å². The van der Waals surface area contributed by atoms with E-state index in [1.165, 1.54) is 4.31 Å². The molecule has 0 saturated carbocycles. The Kier molecular flexibility index (Phi) is 6.62. The largest absolute Gasteiger partial charge is 0.369 e. The predicted octanol–water partition coefficient (Wildman–Crippen LogP) is 1.73. The summed E-state index contributed by atoms with van der Waals surface area (Å²) in [5.74, 6) is -0.261. The molecule has 0 spiro atoms. The molecule has 2 aromatic carbocycles. The molecule has 0 aromatic heterocycles. The minimum absolute atomic E-state index is 0.156. The lowest BCUT2D eigenvalue weighted by molar-refractivity contribution is 0.385. The fourth-order valence-electron chi connectivity index (χ4n) is 3.48. The van der Waals surface area contributed by atoms with Crippen molar-refractivity contribution in [2.75, 3.05) is 43.4 Å². The van der Waals surface area contributed by atoms with Crippen LogP contribution in [0.5, 0.6) is 0 Å². The third-order valence-corrected chi connectivity index (χ3v) is 8.52. The molecule has 1 aliphatic rings. The highest BCUT2D eigenvalue weighted by atomic mass is 32.2. The third kappa shape index (κ3) is 5.36. The predicted molar refractivity (Wildman–Crippen MR) is 115 cm³/mol. The molecule has 0 aliphatic carbocycles. The first-order valence-corrected chi connectivity index (χ1v) is 12.6. The first-order valence-electron chi connectivity index (χ1n) is 9.54. The summed E-state index contributed by atoms with van der Waals surface area (Å²) in [5, 5.41) is 0. The van der Waals surface area contributed by atoms with Crippen LogP contribution >= 0.6 is 0 Å².